The average molecular weight is 499 g/mol. The fraction of sp³-hybridized carbons (Fsp3) is 0.276. The molecular formula is C29H30N4O4. The maximum Gasteiger partial charge on any atom is 0.254 e. The molecule has 8 nitrogen and oxygen atoms in total. The predicted octanol–water partition coefficient (Wildman–Crippen LogP) is 4.59. The van der Waals surface area contributed by atoms with E-state index in [9.17, 15) is 9.59 Å². The van der Waals surface area contributed by atoms with Crippen LogP contribution in [0.25, 0.3) is 10.8 Å². The van der Waals surface area contributed by atoms with E-state index in [-0.39, 0.29) is 17.7 Å². The van der Waals surface area contributed by atoms with Gasteiger partial charge in [-0.15, -0.1) is 0 Å². The molecule has 0 aliphatic carbocycles. The smallest absolute Gasteiger partial charge is 0.254 e. The van der Waals surface area contributed by atoms with Crippen LogP contribution in [-0.2, 0) is 11.3 Å². The van der Waals surface area contributed by atoms with Crippen molar-refractivity contribution in [2.24, 2.45) is 5.92 Å². The summed E-state index contributed by atoms with van der Waals surface area (Å²) in [7, 11) is 3.20. The van der Waals surface area contributed by atoms with Crippen molar-refractivity contribution >= 4 is 28.4 Å². The third-order valence-corrected chi connectivity index (χ3v) is 6.95. The number of para-hydroxylation sites is 1. The quantitative estimate of drug-likeness (QED) is 0.403. The molecule has 0 saturated carbocycles. The first kappa shape index (κ1) is 24.4. The van der Waals surface area contributed by atoms with Gasteiger partial charge in [0.2, 0.25) is 5.91 Å². The highest BCUT2D eigenvalue weighted by Crippen LogP contribution is 2.32. The largest absolute Gasteiger partial charge is 0.493 e. The minimum absolute atomic E-state index is 0.0148. The fourth-order valence-electron chi connectivity index (χ4n) is 4.96. The van der Waals surface area contributed by atoms with E-state index in [1.165, 1.54) is 0 Å². The summed E-state index contributed by atoms with van der Waals surface area (Å²) in [6.45, 7) is 1.50. The van der Waals surface area contributed by atoms with Crippen molar-refractivity contribution in [1.29, 1.82) is 0 Å². The number of nitrogens with one attached hydrogen (secondary N) is 1. The molecule has 0 unspecified atom stereocenters. The lowest BCUT2D eigenvalue weighted by atomic mass is 9.95. The number of carbonyl (C=O) groups is 2. The lowest BCUT2D eigenvalue weighted by Gasteiger charge is -2.31. The van der Waals surface area contributed by atoms with E-state index in [0.29, 0.717) is 55.4 Å². The molecular weight excluding hydrogens is 468 g/mol. The lowest BCUT2D eigenvalue weighted by Crippen LogP contribution is -2.41. The standard InChI is InChI=1S/C29H30N4O4/c1-36-25-12-6-9-22(27(25)37-2)19-33-26(13-16-30-33)31-28(34)21-14-17-32(18-15-21)29(35)24-11-5-8-20-7-3-4-10-23(20)24/h3-13,16,21H,14-15,17-19H2,1-2H3,(H,31,34). The van der Waals surface area contributed by atoms with Crippen LogP contribution in [-0.4, -0.2) is 53.8 Å². The summed E-state index contributed by atoms with van der Waals surface area (Å²) < 4.78 is 12.7. The van der Waals surface area contributed by atoms with Gasteiger partial charge in [0.25, 0.3) is 5.91 Å². The zero-order valence-corrected chi connectivity index (χ0v) is 21.0. The van der Waals surface area contributed by atoms with Gasteiger partial charge < -0.3 is 19.7 Å². The third kappa shape index (κ3) is 5.00. The molecule has 37 heavy (non-hydrogen) atoms. The number of nitrogens with zero attached hydrogens (tertiary/aromatic N) is 3. The van der Waals surface area contributed by atoms with E-state index in [1.54, 1.807) is 31.2 Å². The van der Waals surface area contributed by atoms with Gasteiger partial charge in [-0.1, -0.05) is 48.5 Å². The topological polar surface area (TPSA) is 85.7 Å². The molecule has 2 heterocycles. The summed E-state index contributed by atoms with van der Waals surface area (Å²) in [6, 6.07) is 21.2. The van der Waals surface area contributed by atoms with Gasteiger partial charge in [-0.2, -0.15) is 5.10 Å². The number of fused-ring (bicyclic) bond motifs is 1. The van der Waals surface area contributed by atoms with Crippen LogP contribution in [0.5, 0.6) is 11.5 Å². The number of ether oxygens (including phenoxy) is 2. The molecule has 3 aromatic carbocycles. The number of likely N-dealkylation sites (tertiary alicyclic amines) is 1. The molecule has 8 heteroatoms. The third-order valence-electron chi connectivity index (χ3n) is 6.95. The maximum absolute atomic E-state index is 13.3. The van der Waals surface area contributed by atoms with E-state index in [2.05, 4.69) is 10.4 Å². The van der Waals surface area contributed by atoms with E-state index in [4.69, 9.17) is 9.47 Å². The van der Waals surface area contributed by atoms with Crippen molar-refractivity contribution in [2.75, 3.05) is 32.6 Å². The molecule has 1 N–H and O–H groups in total. The van der Waals surface area contributed by atoms with Crippen molar-refractivity contribution in [1.82, 2.24) is 14.7 Å². The van der Waals surface area contributed by atoms with Crippen molar-refractivity contribution in [3.05, 3.63) is 84.1 Å². The van der Waals surface area contributed by atoms with Crippen LogP contribution in [0, 0.1) is 5.92 Å². The number of piperidine rings is 1. The Kier molecular flexibility index (Phi) is 7.07. The molecule has 1 fully saturated rings. The first-order valence-corrected chi connectivity index (χ1v) is 12.4. The van der Waals surface area contributed by atoms with Gasteiger partial charge in [-0.3, -0.25) is 9.59 Å². The number of methoxy groups -OCH3 is 2. The highest BCUT2D eigenvalue weighted by molar-refractivity contribution is 6.07. The number of rotatable bonds is 7. The van der Waals surface area contributed by atoms with Gasteiger partial charge in [0.05, 0.1) is 27.0 Å². The second kappa shape index (κ2) is 10.7. The van der Waals surface area contributed by atoms with Crippen molar-refractivity contribution in [2.45, 2.75) is 19.4 Å². The summed E-state index contributed by atoms with van der Waals surface area (Å²) in [5.74, 6) is 1.68. The molecule has 2 amide bonds. The molecule has 0 spiro atoms. The molecule has 1 aliphatic rings. The fourth-order valence-corrected chi connectivity index (χ4v) is 4.96. The van der Waals surface area contributed by atoms with Gasteiger partial charge >= 0.3 is 0 Å². The summed E-state index contributed by atoms with van der Waals surface area (Å²) >= 11 is 0. The van der Waals surface area contributed by atoms with Crippen molar-refractivity contribution in [3.63, 3.8) is 0 Å². The number of aromatic nitrogens is 2. The van der Waals surface area contributed by atoms with Crippen LogP contribution in [0.15, 0.2) is 72.9 Å². The normalized spacial score (nSPS) is 13.9. The molecule has 0 radical (unpaired) electrons. The monoisotopic (exact) mass is 498 g/mol. The number of hydrogen-bond acceptors (Lipinski definition) is 5. The Bertz CT molecular complexity index is 1420. The van der Waals surface area contributed by atoms with Gasteiger partial charge in [-0.05, 0) is 35.7 Å². The van der Waals surface area contributed by atoms with E-state index < -0.39 is 0 Å². The summed E-state index contributed by atoms with van der Waals surface area (Å²) in [6.07, 6.45) is 2.88. The highest BCUT2D eigenvalue weighted by atomic mass is 16.5. The van der Waals surface area contributed by atoms with Crippen molar-refractivity contribution in [3.8, 4) is 11.5 Å². The minimum Gasteiger partial charge on any atom is -0.493 e. The average Bonchev–Trinajstić information content (AvgIpc) is 3.38. The van der Waals surface area contributed by atoms with E-state index in [1.807, 2.05) is 65.6 Å². The Morgan fingerprint density at radius 1 is 0.946 bits per heavy atom. The Labute approximate surface area is 215 Å². The number of anilines is 1. The van der Waals surface area contributed by atoms with Gasteiger partial charge in [0.1, 0.15) is 5.82 Å². The first-order chi connectivity index (χ1) is 18.1. The van der Waals surface area contributed by atoms with Gasteiger partial charge in [0, 0.05) is 36.2 Å². The maximum atomic E-state index is 13.3. The number of hydrogen-bond donors (Lipinski definition) is 1. The first-order valence-electron chi connectivity index (χ1n) is 12.4. The zero-order chi connectivity index (χ0) is 25.8. The molecule has 190 valence electrons. The lowest BCUT2D eigenvalue weighted by molar-refractivity contribution is -0.121. The summed E-state index contributed by atoms with van der Waals surface area (Å²) in [4.78, 5) is 28.2. The molecule has 1 saturated heterocycles. The minimum atomic E-state index is -0.175. The van der Waals surface area contributed by atoms with Crippen LogP contribution in [0.2, 0.25) is 0 Å². The Balaban J connectivity index is 1.22. The molecule has 1 aromatic heterocycles. The van der Waals surface area contributed by atoms with Crippen LogP contribution < -0.4 is 14.8 Å². The van der Waals surface area contributed by atoms with E-state index >= 15 is 0 Å². The number of carbonyl (C=O) groups excluding carboxylic acids is 2. The summed E-state index contributed by atoms with van der Waals surface area (Å²) in [5, 5.41) is 9.42. The number of benzene rings is 3. The van der Waals surface area contributed by atoms with Crippen LogP contribution in [0.3, 0.4) is 0 Å². The second-order valence-electron chi connectivity index (χ2n) is 9.11. The summed E-state index contributed by atoms with van der Waals surface area (Å²) in [5.41, 5.74) is 1.60. The zero-order valence-electron chi connectivity index (χ0n) is 21.0. The molecule has 5 rings (SSSR count). The molecule has 1 aliphatic heterocycles. The van der Waals surface area contributed by atoms with Crippen LogP contribution >= 0.6 is 0 Å². The SMILES string of the molecule is COc1cccc(Cn2nccc2NC(=O)C2CCN(C(=O)c3cccc4ccccc34)CC2)c1OC. The highest BCUT2D eigenvalue weighted by Gasteiger charge is 2.29. The Hall–Kier alpha value is -4.33. The van der Waals surface area contributed by atoms with Gasteiger partial charge in [0.15, 0.2) is 11.5 Å². The number of amides is 2. The molecule has 0 atom stereocenters. The van der Waals surface area contributed by atoms with Gasteiger partial charge in [-0.25, -0.2) is 4.68 Å². The van der Waals surface area contributed by atoms with E-state index in [0.717, 1.165) is 16.3 Å². The van der Waals surface area contributed by atoms with Crippen LogP contribution in [0.1, 0.15) is 28.8 Å². The predicted molar refractivity (Wildman–Crippen MR) is 142 cm³/mol. The second-order valence-corrected chi connectivity index (χ2v) is 9.11. The molecule has 4 aromatic rings. The Morgan fingerprint density at radius 3 is 2.49 bits per heavy atom. The van der Waals surface area contributed by atoms with Crippen LogP contribution in [0.4, 0.5) is 5.82 Å². The van der Waals surface area contributed by atoms with Crippen molar-refractivity contribution < 1.29 is 19.1 Å². The molecule has 0 bridgehead atoms. The Morgan fingerprint density at radius 2 is 1.70 bits per heavy atom.